The fourth-order valence-corrected chi connectivity index (χ4v) is 3.70. The van der Waals surface area contributed by atoms with E-state index in [-0.39, 0.29) is 34.6 Å². The molecular formula is C17H14ClF3O4S. The molecule has 0 atom stereocenters. The van der Waals surface area contributed by atoms with E-state index in [9.17, 15) is 26.4 Å². The Morgan fingerprint density at radius 3 is 2.27 bits per heavy atom. The molecule has 0 spiro atoms. The molecule has 9 heteroatoms. The van der Waals surface area contributed by atoms with Crippen LogP contribution in [0.5, 0.6) is 0 Å². The standard InChI is InChI=1S/C17H14ClF3O4S/c1-26(24,25)15-8-10(6-7-16(22)23)12(9-13(15)17(19,20)21)11-4-2-3-5-14(11)18/h2-5,8-9H,6-7H2,1H3,(H,22,23). The van der Waals surface area contributed by atoms with Crippen LogP contribution in [0.2, 0.25) is 5.02 Å². The second kappa shape index (κ2) is 7.28. The van der Waals surface area contributed by atoms with Gasteiger partial charge in [-0.15, -0.1) is 0 Å². The van der Waals surface area contributed by atoms with E-state index in [4.69, 9.17) is 16.7 Å². The number of aryl methyl sites for hydroxylation is 1. The van der Waals surface area contributed by atoms with Gasteiger partial charge >= 0.3 is 12.1 Å². The first-order chi connectivity index (χ1) is 11.9. The molecule has 0 aromatic heterocycles. The number of carbonyl (C=O) groups is 1. The van der Waals surface area contributed by atoms with Crippen molar-refractivity contribution in [3.8, 4) is 11.1 Å². The number of rotatable bonds is 5. The number of sulfone groups is 1. The molecule has 0 aliphatic heterocycles. The van der Waals surface area contributed by atoms with Crippen LogP contribution in [0.4, 0.5) is 13.2 Å². The highest BCUT2D eigenvalue weighted by molar-refractivity contribution is 7.90. The summed E-state index contributed by atoms with van der Waals surface area (Å²) in [6.07, 6.45) is -4.74. The number of hydrogen-bond acceptors (Lipinski definition) is 3. The number of benzene rings is 2. The van der Waals surface area contributed by atoms with Crippen LogP contribution >= 0.6 is 11.6 Å². The smallest absolute Gasteiger partial charge is 0.417 e. The van der Waals surface area contributed by atoms with Gasteiger partial charge in [-0.25, -0.2) is 8.42 Å². The van der Waals surface area contributed by atoms with Gasteiger partial charge in [0.1, 0.15) is 0 Å². The summed E-state index contributed by atoms with van der Waals surface area (Å²) in [6.45, 7) is 0. The van der Waals surface area contributed by atoms with E-state index < -0.39 is 32.4 Å². The summed E-state index contributed by atoms with van der Waals surface area (Å²) < 4.78 is 64.0. The third kappa shape index (κ3) is 4.56. The molecule has 0 amide bonds. The molecule has 0 aliphatic rings. The lowest BCUT2D eigenvalue weighted by molar-refractivity contribution is -0.140. The molecule has 0 heterocycles. The lowest BCUT2D eigenvalue weighted by Gasteiger charge is -2.18. The van der Waals surface area contributed by atoms with Gasteiger partial charge in [-0.1, -0.05) is 29.8 Å². The van der Waals surface area contributed by atoms with Crippen LogP contribution in [0.15, 0.2) is 41.3 Å². The second-order valence-electron chi connectivity index (χ2n) is 5.65. The zero-order valence-corrected chi connectivity index (χ0v) is 15.0. The number of hydrogen-bond donors (Lipinski definition) is 1. The number of aliphatic carboxylic acids is 1. The molecule has 0 aliphatic carbocycles. The van der Waals surface area contributed by atoms with E-state index >= 15 is 0 Å². The van der Waals surface area contributed by atoms with Crippen LogP contribution in [-0.2, 0) is 27.2 Å². The average molecular weight is 407 g/mol. The van der Waals surface area contributed by atoms with Crippen molar-refractivity contribution in [2.24, 2.45) is 0 Å². The lowest BCUT2D eigenvalue weighted by atomic mass is 9.94. The van der Waals surface area contributed by atoms with Crippen molar-refractivity contribution in [2.45, 2.75) is 23.9 Å². The van der Waals surface area contributed by atoms with Gasteiger partial charge in [0.15, 0.2) is 9.84 Å². The fraction of sp³-hybridized carbons (Fsp3) is 0.235. The third-order valence-electron chi connectivity index (χ3n) is 3.68. The van der Waals surface area contributed by atoms with Gasteiger partial charge in [0.05, 0.1) is 10.5 Å². The number of halogens is 4. The summed E-state index contributed by atoms with van der Waals surface area (Å²) in [5.41, 5.74) is -0.834. The van der Waals surface area contributed by atoms with E-state index in [0.717, 1.165) is 12.1 Å². The quantitative estimate of drug-likeness (QED) is 0.796. The Bertz CT molecular complexity index is 953. The molecule has 0 saturated heterocycles. The van der Waals surface area contributed by atoms with E-state index in [0.29, 0.717) is 6.26 Å². The van der Waals surface area contributed by atoms with Crippen molar-refractivity contribution in [3.63, 3.8) is 0 Å². The molecule has 2 rings (SSSR count). The topological polar surface area (TPSA) is 71.4 Å². The predicted molar refractivity (Wildman–Crippen MR) is 91.0 cm³/mol. The van der Waals surface area contributed by atoms with Gasteiger partial charge in [-0.05, 0) is 35.7 Å². The van der Waals surface area contributed by atoms with Crippen molar-refractivity contribution in [3.05, 3.63) is 52.5 Å². The fourth-order valence-electron chi connectivity index (χ4n) is 2.53. The first-order valence-corrected chi connectivity index (χ1v) is 9.59. The van der Waals surface area contributed by atoms with Crippen molar-refractivity contribution in [1.29, 1.82) is 0 Å². The van der Waals surface area contributed by atoms with E-state index in [1.807, 2.05) is 0 Å². The molecule has 4 nitrogen and oxygen atoms in total. The summed E-state index contributed by atoms with van der Waals surface area (Å²) in [6, 6.07) is 7.74. The second-order valence-corrected chi connectivity index (χ2v) is 8.04. The first kappa shape index (κ1) is 20.3. The van der Waals surface area contributed by atoms with Gasteiger partial charge in [0.25, 0.3) is 0 Å². The molecule has 140 valence electrons. The minimum absolute atomic E-state index is 0.0524. The molecule has 0 radical (unpaired) electrons. The minimum Gasteiger partial charge on any atom is -0.481 e. The summed E-state index contributed by atoms with van der Waals surface area (Å²) in [7, 11) is -4.19. The molecular weight excluding hydrogens is 393 g/mol. The van der Waals surface area contributed by atoms with Gasteiger partial charge in [-0.3, -0.25) is 4.79 Å². The average Bonchev–Trinajstić information content (AvgIpc) is 2.51. The van der Waals surface area contributed by atoms with Crippen LogP contribution in [-0.4, -0.2) is 25.7 Å². The molecule has 2 aromatic rings. The zero-order chi connectivity index (χ0) is 19.7. The molecule has 2 aromatic carbocycles. The van der Waals surface area contributed by atoms with Crippen LogP contribution < -0.4 is 0 Å². The highest BCUT2D eigenvalue weighted by atomic mass is 35.5. The van der Waals surface area contributed by atoms with Crippen LogP contribution in [0.1, 0.15) is 17.5 Å². The Morgan fingerprint density at radius 2 is 1.77 bits per heavy atom. The Morgan fingerprint density at radius 1 is 1.15 bits per heavy atom. The monoisotopic (exact) mass is 406 g/mol. The molecule has 0 bridgehead atoms. The summed E-state index contributed by atoms with van der Waals surface area (Å²) in [5.74, 6) is -1.16. The number of alkyl halides is 3. The summed E-state index contributed by atoms with van der Waals surface area (Å²) in [5, 5.41) is 9.05. The van der Waals surface area contributed by atoms with Crippen molar-refractivity contribution >= 4 is 27.4 Å². The van der Waals surface area contributed by atoms with Crippen molar-refractivity contribution in [1.82, 2.24) is 0 Å². The molecule has 0 fully saturated rings. The molecule has 1 N–H and O–H groups in total. The van der Waals surface area contributed by atoms with E-state index in [1.54, 1.807) is 12.1 Å². The van der Waals surface area contributed by atoms with Gasteiger partial charge in [0.2, 0.25) is 0 Å². The predicted octanol–water partition coefficient (Wildman–Crippen LogP) is 4.45. The van der Waals surface area contributed by atoms with E-state index in [1.165, 1.54) is 12.1 Å². The maximum atomic E-state index is 13.4. The third-order valence-corrected chi connectivity index (χ3v) is 5.15. The Kier molecular flexibility index (Phi) is 5.67. The van der Waals surface area contributed by atoms with E-state index in [2.05, 4.69) is 0 Å². The highest BCUT2D eigenvalue weighted by Gasteiger charge is 2.37. The van der Waals surface area contributed by atoms with Gasteiger partial charge in [-0.2, -0.15) is 13.2 Å². The van der Waals surface area contributed by atoms with Gasteiger partial charge < -0.3 is 5.11 Å². The maximum Gasteiger partial charge on any atom is 0.417 e. The normalized spacial score (nSPS) is 12.2. The largest absolute Gasteiger partial charge is 0.481 e. The SMILES string of the molecule is CS(=O)(=O)c1cc(CCC(=O)O)c(-c2ccccc2Cl)cc1C(F)(F)F. The molecule has 26 heavy (non-hydrogen) atoms. The lowest BCUT2D eigenvalue weighted by Crippen LogP contribution is -2.14. The first-order valence-electron chi connectivity index (χ1n) is 7.32. The summed E-state index contributed by atoms with van der Waals surface area (Å²) >= 11 is 6.07. The Balaban J connectivity index is 2.83. The Labute approximate surface area is 153 Å². The van der Waals surface area contributed by atoms with Gasteiger partial charge in [0, 0.05) is 23.3 Å². The zero-order valence-electron chi connectivity index (χ0n) is 13.5. The highest BCUT2D eigenvalue weighted by Crippen LogP contribution is 2.40. The number of carboxylic acids is 1. The summed E-state index contributed by atoms with van der Waals surface area (Å²) in [4.78, 5) is 9.98. The Hall–Kier alpha value is -2.06. The van der Waals surface area contributed by atoms with Crippen molar-refractivity contribution in [2.75, 3.05) is 6.26 Å². The number of carboxylic acid groups (broad SMARTS) is 1. The van der Waals surface area contributed by atoms with Crippen LogP contribution in [0.25, 0.3) is 11.1 Å². The maximum absolute atomic E-state index is 13.4. The minimum atomic E-state index is -4.90. The van der Waals surface area contributed by atoms with Crippen LogP contribution in [0.3, 0.4) is 0 Å². The molecule has 0 unspecified atom stereocenters. The van der Waals surface area contributed by atoms with Crippen LogP contribution in [0, 0.1) is 0 Å². The van der Waals surface area contributed by atoms with Crippen molar-refractivity contribution < 1.29 is 31.5 Å². The molecule has 0 saturated carbocycles.